The SMILES string of the molecule is CCOC(=O)C(C)(CCn1cc(Br)cn1)NC. The van der Waals surface area contributed by atoms with Gasteiger partial charge in [-0.2, -0.15) is 5.10 Å². The van der Waals surface area contributed by atoms with Gasteiger partial charge >= 0.3 is 5.97 Å². The monoisotopic (exact) mass is 303 g/mol. The van der Waals surface area contributed by atoms with E-state index < -0.39 is 5.54 Å². The van der Waals surface area contributed by atoms with Crippen molar-refractivity contribution in [1.29, 1.82) is 0 Å². The molecule has 0 fully saturated rings. The maximum Gasteiger partial charge on any atom is 0.326 e. The minimum absolute atomic E-state index is 0.228. The van der Waals surface area contributed by atoms with Gasteiger partial charge in [-0.1, -0.05) is 0 Å². The van der Waals surface area contributed by atoms with Crippen molar-refractivity contribution in [3.8, 4) is 0 Å². The third-order valence-corrected chi connectivity index (χ3v) is 3.13. The van der Waals surface area contributed by atoms with E-state index >= 15 is 0 Å². The van der Waals surface area contributed by atoms with Crippen molar-refractivity contribution >= 4 is 21.9 Å². The number of carbonyl (C=O) groups is 1. The van der Waals surface area contributed by atoms with Gasteiger partial charge in [-0.05, 0) is 43.2 Å². The molecule has 1 heterocycles. The lowest BCUT2D eigenvalue weighted by molar-refractivity contribution is -0.150. The molecule has 1 atom stereocenters. The van der Waals surface area contributed by atoms with Crippen molar-refractivity contribution in [1.82, 2.24) is 15.1 Å². The summed E-state index contributed by atoms with van der Waals surface area (Å²) in [6.45, 7) is 4.69. The van der Waals surface area contributed by atoms with Gasteiger partial charge < -0.3 is 10.1 Å². The summed E-state index contributed by atoms with van der Waals surface area (Å²) < 4.78 is 7.77. The van der Waals surface area contributed by atoms with Crippen LogP contribution in [0.25, 0.3) is 0 Å². The number of esters is 1. The number of aromatic nitrogens is 2. The second-order valence-electron chi connectivity index (χ2n) is 3.97. The van der Waals surface area contributed by atoms with Crippen LogP contribution < -0.4 is 5.32 Å². The topological polar surface area (TPSA) is 56.2 Å². The van der Waals surface area contributed by atoms with Gasteiger partial charge in [0.25, 0.3) is 0 Å². The van der Waals surface area contributed by atoms with E-state index in [1.165, 1.54) is 0 Å². The molecule has 0 saturated heterocycles. The van der Waals surface area contributed by atoms with Crippen LogP contribution in [0.1, 0.15) is 20.3 Å². The van der Waals surface area contributed by atoms with Gasteiger partial charge in [-0.25, -0.2) is 0 Å². The number of hydrogen-bond acceptors (Lipinski definition) is 4. The van der Waals surface area contributed by atoms with Crippen molar-refractivity contribution < 1.29 is 9.53 Å². The number of aryl methyl sites for hydroxylation is 1. The van der Waals surface area contributed by atoms with Crippen LogP contribution in [0.15, 0.2) is 16.9 Å². The predicted molar refractivity (Wildman–Crippen MR) is 68.6 cm³/mol. The molecule has 1 N–H and O–H groups in total. The number of nitrogens with zero attached hydrogens (tertiary/aromatic N) is 2. The normalized spacial score (nSPS) is 14.4. The van der Waals surface area contributed by atoms with E-state index in [-0.39, 0.29) is 5.97 Å². The number of likely N-dealkylation sites (N-methyl/N-ethyl adjacent to an activating group) is 1. The fourth-order valence-corrected chi connectivity index (χ4v) is 1.75. The molecule has 5 nitrogen and oxygen atoms in total. The van der Waals surface area contributed by atoms with E-state index in [0.29, 0.717) is 19.6 Å². The van der Waals surface area contributed by atoms with Crippen LogP contribution in [0.5, 0.6) is 0 Å². The third kappa shape index (κ3) is 3.81. The van der Waals surface area contributed by atoms with Crippen molar-refractivity contribution in [2.75, 3.05) is 13.7 Å². The summed E-state index contributed by atoms with van der Waals surface area (Å²) in [5.41, 5.74) is -0.672. The quantitative estimate of drug-likeness (QED) is 0.811. The molecule has 1 aromatic heterocycles. The summed E-state index contributed by atoms with van der Waals surface area (Å²) in [5, 5.41) is 7.16. The summed E-state index contributed by atoms with van der Waals surface area (Å²) >= 11 is 3.33. The van der Waals surface area contributed by atoms with E-state index in [9.17, 15) is 4.79 Å². The fraction of sp³-hybridized carbons (Fsp3) is 0.636. The van der Waals surface area contributed by atoms with Crippen molar-refractivity contribution in [3.05, 3.63) is 16.9 Å². The molecular formula is C11H18BrN3O2. The Balaban J connectivity index is 2.59. The number of nitrogens with one attached hydrogen (secondary N) is 1. The molecule has 6 heteroatoms. The van der Waals surface area contributed by atoms with Crippen LogP contribution in [-0.4, -0.2) is 34.9 Å². The van der Waals surface area contributed by atoms with Gasteiger partial charge in [0.2, 0.25) is 0 Å². The van der Waals surface area contributed by atoms with Gasteiger partial charge in [0, 0.05) is 12.7 Å². The molecule has 17 heavy (non-hydrogen) atoms. The van der Waals surface area contributed by atoms with E-state index in [1.807, 2.05) is 13.1 Å². The second-order valence-corrected chi connectivity index (χ2v) is 4.89. The highest BCUT2D eigenvalue weighted by atomic mass is 79.9. The van der Waals surface area contributed by atoms with Gasteiger partial charge in [-0.15, -0.1) is 0 Å². The highest BCUT2D eigenvalue weighted by Gasteiger charge is 2.32. The van der Waals surface area contributed by atoms with Crippen molar-refractivity contribution in [2.45, 2.75) is 32.4 Å². The summed E-state index contributed by atoms with van der Waals surface area (Å²) in [4.78, 5) is 11.8. The smallest absolute Gasteiger partial charge is 0.326 e. The Morgan fingerprint density at radius 1 is 1.71 bits per heavy atom. The molecule has 1 unspecified atom stereocenters. The van der Waals surface area contributed by atoms with Crippen LogP contribution in [0.3, 0.4) is 0 Å². The highest BCUT2D eigenvalue weighted by molar-refractivity contribution is 9.10. The van der Waals surface area contributed by atoms with Crippen molar-refractivity contribution in [3.63, 3.8) is 0 Å². The summed E-state index contributed by atoms with van der Waals surface area (Å²) in [6.07, 6.45) is 4.22. The molecule has 0 radical (unpaired) electrons. The minimum Gasteiger partial charge on any atom is -0.465 e. The Morgan fingerprint density at radius 3 is 2.88 bits per heavy atom. The average Bonchev–Trinajstić information content (AvgIpc) is 2.72. The second kappa shape index (κ2) is 6.16. The number of ether oxygens (including phenoxy) is 1. The fourth-order valence-electron chi connectivity index (χ4n) is 1.42. The molecule has 1 rings (SSSR count). The first-order chi connectivity index (χ1) is 8.01. The van der Waals surface area contributed by atoms with Gasteiger partial charge in [0.05, 0.1) is 17.3 Å². The summed E-state index contributed by atoms with van der Waals surface area (Å²) in [7, 11) is 1.76. The summed E-state index contributed by atoms with van der Waals surface area (Å²) in [5.74, 6) is -0.228. The molecule has 0 aromatic carbocycles. The zero-order valence-electron chi connectivity index (χ0n) is 10.4. The van der Waals surface area contributed by atoms with Gasteiger partial charge in [-0.3, -0.25) is 9.48 Å². The van der Waals surface area contributed by atoms with Crippen LogP contribution in [0.4, 0.5) is 0 Å². The lowest BCUT2D eigenvalue weighted by atomic mass is 9.98. The van der Waals surface area contributed by atoms with Crippen LogP contribution in [0.2, 0.25) is 0 Å². The van der Waals surface area contributed by atoms with Gasteiger partial charge in [0.1, 0.15) is 5.54 Å². The largest absolute Gasteiger partial charge is 0.465 e. The number of halogens is 1. The lowest BCUT2D eigenvalue weighted by Crippen LogP contribution is -2.49. The molecule has 0 aliphatic heterocycles. The molecule has 0 saturated carbocycles. The Hall–Kier alpha value is -0.880. The van der Waals surface area contributed by atoms with E-state index in [4.69, 9.17) is 4.74 Å². The number of carbonyl (C=O) groups excluding carboxylic acids is 1. The molecule has 96 valence electrons. The first-order valence-corrected chi connectivity index (χ1v) is 6.35. The zero-order valence-corrected chi connectivity index (χ0v) is 12.0. The molecular weight excluding hydrogens is 286 g/mol. The van der Waals surface area contributed by atoms with Crippen LogP contribution >= 0.6 is 15.9 Å². The Kier molecular flexibility index (Phi) is 5.14. The Bertz CT molecular complexity index is 381. The van der Waals surface area contributed by atoms with E-state index in [0.717, 1.165) is 4.47 Å². The maximum atomic E-state index is 11.8. The number of rotatable bonds is 6. The highest BCUT2D eigenvalue weighted by Crippen LogP contribution is 2.14. The number of hydrogen-bond donors (Lipinski definition) is 1. The standard InChI is InChI=1S/C11H18BrN3O2/c1-4-17-10(16)11(2,13-3)5-6-15-8-9(12)7-14-15/h7-8,13H,4-6H2,1-3H3. The maximum absolute atomic E-state index is 11.8. The first-order valence-electron chi connectivity index (χ1n) is 5.56. The third-order valence-electron chi connectivity index (χ3n) is 2.72. The molecule has 0 aliphatic rings. The van der Waals surface area contributed by atoms with E-state index in [2.05, 4.69) is 26.3 Å². The first kappa shape index (κ1) is 14.2. The molecule has 0 amide bonds. The molecule has 0 bridgehead atoms. The van der Waals surface area contributed by atoms with Crippen LogP contribution in [-0.2, 0) is 16.1 Å². The molecule has 1 aromatic rings. The lowest BCUT2D eigenvalue weighted by Gasteiger charge is -2.26. The average molecular weight is 304 g/mol. The Labute approximate surface area is 110 Å². The summed E-state index contributed by atoms with van der Waals surface area (Å²) in [6, 6.07) is 0. The molecule has 0 aliphatic carbocycles. The zero-order chi connectivity index (χ0) is 12.9. The predicted octanol–water partition coefficient (Wildman–Crippen LogP) is 1.58. The van der Waals surface area contributed by atoms with Crippen LogP contribution in [0, 0.1) is 0 Å². The molecule has 0 spiro atoms. The Morgan fingerprint density at radius 2 is 2.41 bits per heavy atom. The van der Waals surface area contributed by atoms with E-state index in [1.54, 1.807) is 24.9 Å². The van der Waals surface area contributed by atoms with Crippen molar-refractivity contribution in [2.24, 2.45) is 0 Å². The van der Waals surface area contributed by atoms with Gasteiger partial charge in [0.15, 0.2) is 0 Å². The minimum atomic E-state index is -0.672.